The third-order valence-electron chi connectivity index (χ3n) is 2.78. The maximum Gasteiger partial charge on any atom is 0.212 e. The summed E-state index contributed by atoms with van der Waals surface area (Å²) in [5, 5.41) is 0. The van der Waals surface area contributed by atoms with Crippen molar-refractivity contribution in [3.63, 3.8) is 0 Å². The quantitative estimate of drug-likeness (QED) is 0.819. The Morgan fingerprint density at radius 2 is 1.89 bits per heavy atom. The SMILES string of the molecule is Cc1ccccc1[C@H](C)NS(=O)(=O)CC(C)CCl. The van der Waals surface area contributed by atoms with Gasteiger partial charge in [0.05, 0.1) is 5.75 Å². The van der Waals surface area contributed by atoms with E-state index < -0.39 is 10.0 Å². The average Bonchev–Trinajstić information content (AvgIpc) is 2.27. The lowest BCUT2D eigenvalue weighted by atomic mass is 10.0. The van der Waals surface area contributed by atoms with Gasteiger partial charge in [-0.3, -0.25) is 0 Å². The van der Waals surface area contributed by atoms with E-state index in [0.29, 0.717) is 5.88 Å². The number of hydrogen-bond donors (Lipinski definition) is 1. The van der Waals surface area contributed by atoms with Crippen molar-refractivity contribution in [3.8, 4) is 0 Å². The van der Waals surface area contributed by atoms with Crippen LogP contribution < -0.4 is 4.72 Å². The van der Waals surface area contributed by atoms with Crippen molar-refractivity contribution in [2.75, 3.05) is 11.6 Å². The fourth-order valence-electron chi connectivity index (χ4n) is 1.87. The van der Waals surface area contributed by atoms with Gasteiger partial charge >= 0.3 is 0 Å². The summed E-state index contributed by atoms with van der Waals surface area (Å²) in [4.78, 5) is 0. The van der Waals surface area contributed by atoms with E-state index in [9.17, 15) is 8.42 Å². The molecule has 1 aromatic carbocycles. The van der Waals surface area contributed by atoms with Crippen LogP contribution in [0.15, 0.2) is 24.3 Å². The van der Waals surface area contributed by atoms with Gasteiger partial charge in [0.25, 0.3) is 0 Å². The molecule has 0 aliphatic carbocycles. The van der Waals surface area contributed by atoms with E-state index in [1.165, 1.54) is 0 Å². The molecular formula is C13H20ClNO2S. The highest BCUT2D eigenvalue weighted by Gasteiger charge is 2.19. The number of aryl methyl sites for hydroxylation is 1. The van der Waals surface area contributed by atoms with Gasteiger partial charge in [0.15, 0.2) is 0 Å². The molecule has 0 heterocycles. The average molecular weight is 290 g/mol. The molecule has 3 nitrogen and oxygen atoms in total. The maximum absolute atomic E-state index is 11.9. The molecule has 0 saturated carbocycles. The molecule has 0 spiro atoms. The van der Waals surface area contributed by atoms with Crippen LogP contribution in [0.3, 0.4) is 0 Å². The highest BCUT2D eigenvalue weighted by atomic mass is 35.5. The molecule has 0 fully saturated rings. The Morgan fingerprint density at radius 1 is 1.28 bits per heavy atom. The first kappa shape index (κ1) is 15.5. The van der Waals surface area contributed by atoms with Gasteiger partial charge in [-0.1, -0.05) is 31.2 Å². The number of halogens is 1. The zero-order valence-electron chi connectivity index (χ0n) is 11.0. The van der Waals surface area contributed by atoms with E-state index in [1.54, 1.807) is 0 Å². The summed E-state index contributed by atoms with van der Waals surface area (Å²) in [5.41, 5.74) is 2.08. The highest BCUT2D eigenvalue weighted by Crippen LogP contribution is 2.18. The van der Waals surface area contributed by atoms with Crippen molar-refractivity contribution in [3.05, 3.63) is 35.4 Å². The molecule has 102 valence electrons. The highest BCUT2D eigenvalue weighted by molar-refractivity contribution is 7.89. The first-order chi connectivity index (χ1) is 8.35. The van der Waals surface area contributed by atoms with Gasteiger partial charge in [-0.2, -0.15) is 0 Å². The first-order valence-electron chi connectivity index (χ1n) is 5.97. The predicted molar refractivity (Wildman–Crippen MR) is 76.4 cm³/mol. The van der Waals surface area contributed by atoms with Crippen LogP contribution in [0.1, 0.15) is 31.0 Å². The molecule has 0 saturated heterocycles. The molecule has 0 radical (unpaired) electrons. The van der Waals surface area contributed by atoms with Crippen LogP contribution in [0, 0.1) is 12.8 Å². The van der Waals surface area contributed by atoms with Crippen molar-refractivity contribution in [2.45, 2.75) is 26.8 Å². The lowest BCUT2D eigenvalue weighted by Gasteiger charge is -2.18. The summed E-state index contributed by atoms with van der Waals surface area (Å²) in [7, 11) is -3.29. The molecular weight excluding hydrogens is 270 g/mol. The van der Waals surface area contributed by atoms with Crippen molar-refractivity contribution in [1.29, 1.82) is 0 Å². The van der Waals surface area contributed by atoms with E-state index >= 15 is 0 Å². The minimum absolute atomic E-state index is 0.0479. The van der Waals surface area contributed by atoms with Crippen LogP contribution in [0.25, 0.3) is 0 Å². The Bertz CT molecular complexity index is 488. The number of sulfonamides is 1. The summed E-state index contributed by atoms with van der Waals surface area (Å²) in [6, 6.07) is 7.54. The van der Waals surface area contributed by atoms with Crippen molar-refractivity contribution >= 4 is 21.6 Å². The third kappa shape index (κ3) is 4.59. The monoisotopic (exact) mass is 289 g/mol. The zero-order valence-corrected chi connectivity index (χ0v) is 12.6. The van der Waals surface area contributed by atoms with Crippen LogP contribution in [-0.2, 0) is 10.0 Å². The normalized spacial score (nSPS) is 15.3. The van der Waals surface area contributed by atoms with Gasteiger partial charge in [-0.15, -0.1) is 11.6 Å². The number of rotatable bonds is 6. The van der Waals surface area contributed by atoms with Gasteiger partial charge < -0.3 is 0 Å². The van der Waals surface area contributed by atoms with E-state index in [-0.39, 0.29) is 17.7 Å². The van der Waals surface area contributed by atoms with Crippen LogP contribution in [-0.4, -0.2) is 20.1 Å². The van der Waals surface area contributed by atoms with Crippen LogP contribution in [0.2, 0.25) is 0 Å². The van der Waals surface area contributed by atoms with Gasteiger partial charge in [0.2, 0.25) is 10.0 Å². The summed E-state index contributed by atoms with van der Waals surface area (Å²) in [6.45, 7) is 5.65. The number of alkyl halides is 1. The number of hydrogen-bond acceptors (Lipinski definition) is 2. The van der Waals surface area contributed by atoms with Crippen molar-refractivity contribution < 1.29 is 8.42 Å². The Hall–Kier alpha value is -0.580. The molecule has 2 atom stereocenters. The Morgan fingerprint density at radius 3 is 2.44 bits per heavy atom. The van der Waals surface area contributed by atoms with Crippen LogP contribution in [0.5, 0.6) is 0 Å². The molecule has 1 aromatic rings. The summed E-state index contributed by atoms with van der Waals surface area (Å²) >= 11 is 5.64. The lowest BCUT2D eigenvalue weighted by molar-refractivity contribution is 0.555. The van der Waals surface area contributed by atoms with E-state index in [0.717, 1.165) is 11.1 Å². The Kier molecular flexibility index (Phi) is 5.63. The maximum atomic E-state index is 11.9. The van der Waals surface area contributed by atoms with Crippen LogP contribution >= 0.6 is 11.6 Å². The molecule has 1 rings (SSSR count). The molecule has 0 aliphatic heterocycles. The third-order valence-corrected chi connectivity index (χ3v) is 5.03. The zero-order chi connectivity index (χ0) is 13.8. The molecule has 1 N–H and O–H groups in total. The smallest absolute Gasteiger partial charge is 0.212 e. The second-order valence-electron chi connectivity index (χ2n) is 4.74. The molecule has 18 heavy (non-hydrogen) atoms. The van der Waals surface area contributed by atoms with Gasteiger partial charge in [0.1, 0.15) is 0 Å². The summed E-state index contributed by atoms with van der Waals surface area (Å²) in [6.07, 6.45) is 0. The van der Waals surface area contributed by atoms with Gasteiger partial charge in [-0.25, -0.2) is 13.1 Å². The molecule has 5 heteroatoms. The van der Waals surface area contributed by atoms with Crippen molar-refractivity contribution in [2.24, 2.45) is 5.92 Å². The molecule has 0 bridgehead atoms. The minimum Gasteiger partial charge on any atom is -0.212 e. The van der Waals surface area contributed by atoms with Gasteiger partial charge in [-0.05, 0) is 30.9 Å². The standard InChI is InChI=1S/C13H20ClNO2S/c1-10(8-14)9-18(16,17)15-12(3)13-7-5-4-6-11(13)2/h4-7,10,12,15H,8-9H2,1-3H3/t10?,12-/m0/s1. The summed E-state index contributed by atoms with van der Waals surface area (Å²) < 4.78 is 26.5. The fourth-order valence-corrected chi connectivity index (χ4v) is 3.74. The van der Waals surface area contributed by atoms with E-state index in [1.807, 2.05) is 45.0 Å². The molecule has 1 unspecified atom stereocenters. The Labute approximate surface area is 115 Å². The van der Waals surface area contributed by atoms with Crippen molar-refractivity contribution in [1.82, 2.24) is 4.72 Å². The number of nitrogens with one attached hydrogen (secondary N) is 1. The molecule has 0 amide bonds. The second kappa shape index (κ2) is 6.55. The van der Waals surface area contributed by atoms with E-state index in [2.05, 4.69) is 4.72 Å². The number of benzene rings is 1. The first-order valence-corrected chi connectivity index (χ1v) is 8.16. The predicted octanol–water partition coefficient (Wildman–Crippen LogP) is 2.85. The fraction of sp³-hybridized carbons (Fsp3) is 0.538. The minimum atomic E-state index is -3.29. The van der Waals surface area contributed by atoms with Crippen LogP contribution in [0.4, 0.5) is 0 Å². The molecule has 0 aliphatic rings. The second-order valence-corrected chi connectivity index (χ2v) is 6.84. The lowest BCUT2D eigenvalue weighted by Crippen LogP contribution is -2.32. The largest absolute Gasteiger partial charge is 0.212 e. The van der Waals surface area contributed by atoms with Gasteiger partial charge in [0, 0.05) is 11.9 Å². The summed E-state index contributed by atoms with van der Waals surface area (Å²) in [5.74, 6) is 0.361. The van der Waals surface area contributed by atoms with E-state index in [4.69, 9.17) is 11.6 Å². The molecule has 0 aromatic heterocycles. The Balaban J connectivity index is 2.76. The topological polar surface area (TPSA) is 46.2 Å².